The second-order valence-corrected chi connectivity index (χ2v) is 8.25. The van der Waals surface area contributed by atoms with E-state index in [0.29, 0.717) is 17.6 Å². The minimum atomic E-state index is 0.411. The average Bonchev–Trinajstić information content (AvgIpc) is 2.64. The Labute approximate surface area is 145 Å². The van der Waals surface area contributed by atoms with Gasteiger partial charge in [-0.25, -0.2) is 0 Å². The first-order valence-electron chi connectivity index (χ1n) is 10.9. The lowest BCUT2D eigenvalue weighted by Crippen LogP contribution is -2.24. The van der Waals surface area contributed by atoms with Crippen LogP contribution in [0, 0.1) is 11.8 Å². The van der Waals surface area contributed by atoms with Gasteiger partial charge in [0.05, 0.1) is 0 Å². The summed E-state index contributed by atoms with van der Waals surface area (Å²) >= 11 is 0. The molecule has 2 aliphatic carbocycles. The summed E-state index contributed by atoms with van der Waals surface area (Å²) < 4.78 is 0. The number of hydrogen-bond acceptors (Lipinski definition) is 1. The Morgan fingerprint density at radius 3 is 1.39 bits per heavy atom. The van der Waals surface area contributed by atoms with Crippen LogP contribution < -0.4 is 0 Å². The van der Waals surface area contributed by atoms with Crippen LogP contribution in [0.1, 0.15) is 122 Å². The number of carbonyl (C=O) groups excluding carboxylic acids is 1. The largest absolute Gasteiger partial charge is 0.299 e. The molecular weight excluding hydrogens is 280 g/mol. The molecule has 0 radical (unpaired) electrons. The first kappa shape index (κ1) is 19.0. The molecule has 0 aromatic carbocycles. The summed E-state index contributed by atoms with van der Waals surface area (Å²) in [6.07, 6.45) is 25.2. The lowest BCUT2D eigenvalue weighted by molar-refractivity contribution is -0.125. The smallest absolute Gasteiger partial charge is 0.136 e. The molecule has 0 N–H and O–H groups in total. The monoisotopic (exact) mass is 320 g/mol. The Hall–Kier alpha value is -0.330. The van der Waals surface area contributed by atoms with Gasteiger partial charge in [-0.3, -0.25) is 4.79 Å². The standard InChI is InChI=1S/C22H40O/c23-22-19-15-11-7-3-6-10-14-18-21(22)20-16-12-8-4-1-2-5-9-13-17-20/h20-21H,1-19H2. The predicted molar refractivity (Wildman–Crippen MR) is 99.7 cm³/mol. The molecule has 1 heteroatoms. The van der Waals surface area contributed by atoms with Gasteiger partial charge in [-0.05, 0) is 31.6 Å². The van der Waals surface area contributed by atoms with Crippen molar-refractivity contribution in [2.75, 3.05) is 0 Å². The van der Waals surface area contributed by atoms with Crippen LogP contribution in [-0.2, 0) is 4.79 Å². The van der Waals surface area contributed by atoms with Crippen LogP contribution in [0.25, 0.3) is 0 Å². The van der Waals surface area contributed by atoms with Crippen molar-refractivity contribution in [1.29, 1.82) is 0 Å². The molecule has 134 valence electrons. The van der Waals surface area contributed by atoms with Crippen molar-refractivity contribution in [3.8, 4) is 0 Å². The second kappa shape index (κ2) is 12.1. The fraction of sp³-hybridized carbons (Fsp3) is 0.955. The lowest BCUT2D eigenvalue weighted by Gasteiger charge is -2.26. The zero-order chi connectivity index (χ0) is 16.2. The molecule has 0 bridgehead atoms. The molecule has 23 heavy (non-hydrogen) atoms. The second-order valence-electron chi connectivity index (χ2n) is 8.25. The van der Waals surface area contributed by atoms with Crippen LogP contribution in [0.3, 0.4) is 0 Å². The van der Waals surface area contributed by atoms with E-state index in [2.05, 4.69) is 0 Å². The van der Waals surface area contributed by atoms with E-state index < -0.39 is 0 Å². The van der Waals surface area contributed by atoms with Crippen molar-refractivity contribution in [2.45, 2.75) is 122 Å². The van der Waals surface area contributed by atoms with Gasteiger partial charge in [0.15, 0.2) is 0 Å². The first-order chi connectivity index (χ1) is 11.4. The molecule has 1 nitrogen and oxygen atoms in total. The van der Waals surface area contributed by atoms with E-state index in [1.165, 1.54) is 109 Å². The minimum absolute atomic E-state index is 0.411. The summed E-state index contributed by atoms with van der Waals surface area (Å²) in [4.78, 5) is 12.9. The van der Waals surface area contributed by atoms with Crippen LogP contribution in [0.4, 0.5) is 0 Å². The molecule has 2 aliphatic rings. The summed E-state index contributed by atoms with van der Waals surface area (Å²) in [5.41, 5.74) is 0. The van der Waals surface area contributed by atoms with Gasteiger partial charge in [0, 0.05) is 12.3 Å². The van der Waals surface area contributed by atoms with Crippen molar-refractivity contribution in [3.63, 3.8) is 0 Å². The van der Waals surface area contributed by atoms with E-state index in [1.807, 2.05) is 0 Å². The zero-order valence-corrected chi connectivity index (χ0v) is 15.5. The molecule has 0 amide bonds. The Morgan fingerprint density at radius 1 is 0.478 bits per heavy atom. The molecule has 0 heterocycles. The van der Waals surface area contributed by atoms with Crippen molar-refractivity contribution < 1.29 is 4.79 Å². The van der Waals surface area contributed by atoms with Gasteiger partial charge in [0.2, 0.25) is 0 Å². The predicted octanol–water partition coefficient (Wildman–Crippen LogP) is 7.23. The highest BCUT2D eigenvalue weighted by atomic mass is 16.1. The van der Waals surface area contributed by atoms with Crippen LogP contribution in [0.5, 0.6) is 0 Å². The van der Waals surface area contributed by atoms with Crippen molar-refractivity contribution in [2.24, 2.45) is 11.8 Å². The number of Topliss-reactive ketones (excluding diaryl/α,β-unsaturated/α-hetero) is 1. The highest BCUT2D eigenvalue weighted by molar-refractivity contribution is 5.81. The van der Waals surface area contributed by atoms with Gasteiger partial charge in [-0.2, -0.15) is 0 Å². The average molecular weight is 321 g/mol. The fourth-order valence-electron chi connectivity index (χ4n) is 4.81. The molecule has 0 aromatic rings. The first-order valence-corrected chi connectivity index (χ1v) is 10.9. The molecule has 2 rings (SSSR count). The molecule has 2 saturated carbocycles. The van der Waals surface area contributed by atoms with Gasteiger partial charge in [0.1, 0.15) is 5.78 Å². The van der Waals surface area contributed by atoms with Gasteiger partial charge in [0.25, 0.3) is 0 Å². The number of carbonyl (C=O) groups is 1. The molecule has 1 unspecified atom stereocenters. The molecule has 0 spiro atoms. The molecule has 1 atom stereocenters. The molecule has 2 fully saturated rings. The molecular formula is C22H40O. The van der Waals surface area contributed by atoms with Crippen LogP contribution >= 0.6 is 0 Å². The topological polar surface area (TPSA) is 17.1 Å². The third-order valence-corrected chi connectivity index (χ3v) is 6.32. The third-order valence-electron chi connectivity index (χ3n) is 6.32. The van der Waals surface area contributed by atoms with Gasteiger partial charge in [-0.1, -0.05) is 89.9 Å². The molecule has 0 saturated heterocycles. The summed E-state index contributed by atoms with van der Waals surface area (Å²) in [6, 6.07) is 0. The maximum Gasteiger partial charge on any atom is 0.136 e. The number of ketones is 1. The quantitative estimate of drug-likeness (QED) is 0.498. The van der Waals surface area contributed by atoms with Gasteiger partial charge >= 0.3 is 0 Å². The van der Waals surface area contributed by atoms with E-state index in [0.717, 1.165) is 12.8 Å². The maximum absolute atomic E-state index is 12.9. The summed E-state index contributed by atoms with van der Waals surface area (Å²) in [5.74, 6) is 1.75. The SMILES string of the molecule is O=C1CCCCCCCCCC1C1CCCCCCCCCC1. The Kier molecular flexibility index (Phi) is 9.99. The van der Waals surface area contributed by atoms with E-state index in [9.17, 15) is 4.79 Å². The van der Waals surface area contributed by atoms with E-state index in [4.69, 9.17) is 0 Å². The minimum Gasteiger partial charge on any atom is -0.299 e. The van der Waals surface area contributed by atoms with E-state index in [1.54, 1.807) is 0 Å². The van der Waals surface area contributed by atoms with E-state index >= 15 is 0 Å². The fourth-order valence-corrected chi connectivity index (χ4v) is 4.81. The highest BCUT2D eigenvalue weighted by Crippen LogP contribution is 2.32. The Bertz CT molecular complexity index is 297. The molecule has 0 aromatic heterocycles. The normalized spacial score (nSPS) is 28.5. The summed E-state index contributed by atoms with van der Waals surface area (Å²) in [7, 11) is 0. The third kappa shape index (κ3) is 7.86. The van der Waals surface area contributed by atoms with Crippen LogP contribution in [0.2, 0.25) is 0 Å². The number of hydrogen-bond donors (Lipinski definition) is 0. The van der Waals surface area contributed by atoms with Crippen LogP contribution in [0.15, 0.2) is 0 Å². The Morgan fingerprint density at radius 2 is 0.870 bits per heavy atom. The zero-order valence-electron chi connectivity index (χ0n) is 15.5. The van der Waals surface area contributed by atoms with Gasteiger partial charge in [-0.15, -0.1) is 0 Å². The highest BCUT2D eigenvalue weighted by Gasteiger charge is 2.27. The van der Waals surface area contributed by atoms with Crippen LogP contribution in [-0.4, -0.2) is 5.78 Å². The van der Waals surface area contributed by atoms with Gasteiger partial charge < -0.3 is 0 Å². The van der Waals surface area contributed by atoms with E-state index in [-0.39, 0.29) is 0 Å². The summed E-state index contributed by atoms with van der Waals surface area (Å²) in [5, 5.41) is 0. The summed E-state index contributed by atoms with van der Waals surface area (Å²) in [6.45, 7) is 0. The maximum atomic E-state index is 12.9. The molecule has 0 aliphatic heterocycles. The Balaban J connectivity index is 1.93. The lowest BCUT2D eigenvalue weighted by atomic mass is 9.77. The van der Waals surface area contributed by atoms with Crippen molar-refractivity contribution in [1.82, 2.24) is 0 Å². The van der Waals surface area contributed by atoms with Crippen molar-refractivity contribution >= 4 is 5.78 Å². The number of rotatable bonds is 1. The van der Waals surface area contributed by atoms with Crippen molar-refractivity contribution in [3.05, 3.63) is 0 Å².